The highest BCUT2D eigenvalue weighted by atomic mass is 16.8. The maximum atomic E-state index is 9.47. The maximum Gasteiger partial charge on any atom is 0.176 e. The number of nitriles is 1. The molecule has 0 aromatic heterocycles. The van der Waals surface area contributed by atoms with E-state index < -0.39 is 29.9 Å². The van der Waals surface area contributed by atoms with Crippen molar-refractivity contribution in [2.24, 2.45) is 0 Å². The molecule has 25 heavy (non-hydrogen) atoms. The van der Waals surface area contributed by atoms with Crippen LogP contribution < -0.4 is 0 Å². The van der Waals surface area contributed by atoms with Gasteiger partial charge in [-0.25, -0.2) is 0 Å². The molecule has 6 nitrogen and oxygen atoms in total. The van der Waals surface area contributed by atoms with Crippen molar-refractivity contribution in [1.82, 2.24) is 0 Å². The van der Waals surface area contributed by atoms with E-state index in [2.05, 4.69) is 6.07 Å². The van der Waals surface area contributed by atoms with E-state index in [0.29, 0.717) is 13.2 Å². The first-order valence-corrected chi connectivity index (χ1v) is 8.52. The Morgan fingerprint density at radius 1 is 1.12 bits per heavy atom. The van der Waals surface area contributed by atoms with Gasteiger partial charge in [-0.05, 0) is 33.3 Å². The topological polar surface area (TPSA) is 69.9 Å². The molecule has 136 valence electrons. The average molecular weight is 347 g/mol. The van der Waals surface area contributed by atoms with Crippen molar-refractivity contribution in [3.63, 3.8) is 0 Å². The number of hydrogen-bond acceptors (Lipinski definition) is 6. The predicted molar refractivity (Wildman–Crippen MR) is 89.4 cm³/mol. The van der Waals surface area contributed by atoms with E-state index in [4.69, 9.17) is 23.7 Å². The summed E-state index contributed by atoms with van der Waals surface area (Å²) in [6.07, 6.45) is -2.08. The molecule has 0 N–H and O–H groups in total. The van der Waals surface area contributed by atoms with Crippen molar-refractivity contribution in [1.29, 1.82) is 5.26 Å². The Morgan fingerprint density at radius 3 is 2.44 bits per heavy atom. The summed E-state index contributed by atoms with van der Waals surface area (Å²) in [6.45, 7) is 8.08. The van der Waals surface area contributed by atoms with E-state index in [1.807, 2.05) is 44.2 Å². The smallest absolute Gasteiger partial charge is 0.176 e. The molecule has 0 aliphatic carbocycles. The summed E-state index contributed by atoms with van der Waals surface area (Å²) in [5.74, 6) is -1.52. The Kier molecular flexibility index (Phi) is 5.14. The zero-order chi connectivity index (χ0) is 18.1. The monoisotopic (exact) mass is 347 g/mol. The van der Waals surface area contributed by atoms with Gasteiger partial charge in [0.1, 0.15) is 18.3 Å². The summed E-state index contributed by atoms with van der Waals surface area (Å²) in [5.41, 5.74) is 1.04. The van der Waals surface area contributed by atoms with Crippen LogP contribution in [0.25, 0.3) is 0 Å². The van der Waals surface area contributed by atoms with Gasteiger partial charge in [-0.1, -0.05) is 30.3 Å². The minimum absolute atomic E-state index is 0.336. The molecule has 4 atom stereocenters. The van der Waals surface area contributed by atoms with Gasteiger partial charge in [0.2, 0.25) is 0 Å². The number of ether oxygens (including phenoxy) is 5. The molecule has 6 heteroatoms. The molecule has 0 saturated carbocycles. The molecule has 0 radical (unpaired) electrons. The summed E-state index contributed by atoms with van der Waals surface area (Å²) >= 11 is 0. The second kappa shape index (κ2) is 7.02. The van der Waals surface area contributed by atoms with Crippen molar-refractivity contribution in [2.45, 2.75) is 70.3 Å². The quantitative estimate of drug-likeness (QED) is 0.816. The van der Waals surface area contributed by atoms with Crippen LogP contribution in [0.4, 0.5) is 0 Å². The molecule has 2 fully saturated rings. The number of nitrogens with zero attached hydrogens (tertiary/aromatic N) is 1. The Balaban J connectivity index is 1.78. The van der Waals surface area contributed by atoms with E-state index in [1.54, 1.807) is 13.8 Å². The number of hydrogen-bond donors (Lipinski definition) is 0. The minimum Gasteiger partial charge on any atom is -0.368 e. The van der Waals surface area contributed by atoms with Gasteiger partial charge in [0.15, 0.2) is 17.7 Å². The van der Waals surface area contributed by atoms with E-state index in [9.17, 15) is 5.26 Å². The van der Waals surface area contributed by atoms with Crippen LogP contribution in [0.15, 0.2) is 30.3 Å². The van der Waals surface area contributed by atoms with Gasteiger partial charge in [-0.3, -0.25) is 0 Å². The van der Waals surface area contributed by atoms with Crippen molar-refractivity contribution >= 4 is 0 Å². The van der Waals surface area contributed by atoms with E-state index in [1.165, 1.54) is 0 Å². The fraction of sp³-hybridized carbons (Fsp3) is 0.632. The fourth-order valence-corrected chi connectivity index (χ4v) is 3.19. The van der Waals surface area contributed by atoms with Crippen LogP contribution in [0.1, 0.15) is 33.3 Å². The van der Waals surface area contributed by atoms with Crippen LogP contribution in [0.2, 0.25) is 0 Å². The fourth-order valence-electron chi connectivity index (χ4n) is 3.19. The van der Waals surface area contributed by atoms with Crippen molar-refractivity contribution < 1.29 is 23.7 Å². The highest BCUT2D eigenvalue weighted by Crippen LogP contribution is 2.35. The van der Waals surface area contributed by atoms with Gasteiger partial charge < -0.3 is 23.7 Å². The van der Waals surface area contributed by atoms with Crippen molar-refractivity contribution in [3.8, 4) is 6.07 Å². The van der Waals surface area contributed by atoms with Crippen LogP contribution in [0, 0.1) is 11.3 Å². The van der Waals surface area contributed by atoms with E-state index in [0.717, 1.165) is 5.56 Å². The Morgan fingerprint density at radius 2 is 1.84 bits per heavy atom. The molecular weight excluding hydrogens is 322 g/mol. The molecule has 2 aliphatic heterocycles. The third-order valence-electron chi connectivity index (χ3n) is 4.26. The van der Waals surface area contributed by atoms with Crippen LogP contribution in [-0.4, -0.2) is 42.6 Å². The molecular formula is C19H25NO5. The summed E-state index contributed by atoms with van der Waals surface area (Å²) in [5, 5.41) is 9.47. The highest BCUT2D eigenvalue weighted by molar-refractivity contribution is 5.13. The largest absolute Gasteiger partial charge is 0.368 e. The van der Waals surface area contributed by atoms with Gasteiger partial charge in [0, 0.05) is 0 Å². The Labute approximate surface area is 148 Å². The second-order valence-corrected chi connectivity index (χ2v) is 7.28. The Bertz CT molecular complexity index is 624. The minimum atomic E-state index is -0.839. The summed E-state index contributed by atoms with van der Waals surface area (Å²) in [4.78, 5) is 0. The zero-order valence-electron chi connectivity index (χ0n) is 15.1. The molecule has 0 bridgehead atoms. The number of benzene rings is 1. The van der Waals surface area contributed by atoms with Gasteiger partial charge in [0.05, 0.1) is 19.3 Å². The van der Waals surface area contributed by atoms with Crippen LogP contribution in [-0.2, 0) is 30.3 Å². The molecule has 0 spiro atoms. The van der Waals surface area contributed by atoms with E-state index >= 15 is 0 Å². The van der Waals surface area contributed by atoms with Crippen molar-refractivity contribution in [2.75, 3.05) is 6.61 Å². The predicted octanol–water partition coefficient (Wildman–Crippen LogP) is 2.77. The maximum absolute atomic E-state index is 9.47. The van der Waals surface area contributed by atoms with Gasteiger partial charge >= 0.3 is 0 Å². The van der Waals surface area contributed by atoms with Crippen LogP contribution in [0.3, 0.4) is 0 Å². The second-order valence-electron chi connectivity index (χ2n) is 7.28. The third-order valence-corrected chi connectivity index (χ3v) is 4.26. The summed E-state index contributed by atoms with van der Waals surface area (Å²) in [7, 11) is 0. The standard InChI is InChI=1S/C19H25NO5/c1-18(2)22-12-15(24-18)16(21-11-13-8-6-5-7-9-13)17-14(10-20)23-19(3,4)25-17/h5-9,14-17H,11-12H2,1-4H3. The first-order chi connectivity index (χ1) is 11.8. The van der Waals surface area contributed by atoms with Gasteiger partial charge in [-0.2, -0.15) is 5.26 Å². The molecule has 1 aromatic carbocycles. The lowest BCUT2D eigenvalue weighted by Gasteiger charge is -2.29. The van der Waals surface area contributed by atoms with Crippen LogP contribution in [0.5, 0.6) is 0 Å². The first kappa shape index (κ1) is 18.3. The lowest BCUT2D eigenvalue weighted by Crippen LogP contribution is -2.46. The van der Waals surface area contributed by atoms with Gasteiger partial charge in [0.25, 0.3) is 0 Å². The zero-order valence-corrected chi connectivity index (χ0v) is 15.1. The lowest BCUT2D eigenvalue weighted by molar-refractivity contribution is -0.190. The molecule has 3 rings (SSSR count). The molecule has 2 heterocycles. The Hall–Kier alpha value is -1.49. The highest BCUT2D eigenvalue weighted by Gasteiger charge is 2.51. The number of rotatable bonds is 5. The third kappa shape index (κ3) is 4.38. The molecule has 4 unspecified atom stereocenters. The molecule has 0 amide bonds. The normalized spacial score (nSPS) is 31.6. The molecule has 2 saturated heterocycles. The summed E-state index contributed by atoms with van der Waals surface area (Å²) in [6, 6.07) is 12.0. The average Bonchev–Trinajstić information content (AvgIpc) is 3.07. The molecule has 2 aliphatic rings. The summed E-state index contributed by atoms with van der Waals surface area (Å²) < 4.78 is 29.5. The van der Waals surface area contributed by atoms with Crippen LogP contribution >= 0.6 is 0 Å². The van der Waals surface area contributed by atoms with E-state index in [-0.39, 0.29) is 6.10 Å². The first-order valence-electron chi connectivity index (χ1n) is 8.52. The SMILES string of the molecule is CC1(C)OCC(C(OCc2ccccc2)C2OC(C)(C)OC2C#N)O1. The van der Waals surface area contributed by atoms with Gasteiger partial charge in [-0.15, -0.1) is 0 Å². The lowest BCUT2D eigenvalue weighted by atomic mass is 10.0. The molecule has 1 aromatic rings. The van der Waals surface area contributed by atoms with Crippen molar-refractivity contribution in [3.05, 3.63) is 35.9 Å².